The van der Waals surface area contributed by atoms with Crippen molar-refractivity contribution in [2.24, 2.45) is 0 Å². The molecule has 0 bridgehead atoms. The molecule has 11 aromatic carbocycles. The zero-order chi connectivity index (χ0) is 47.5. The maximum absolute atomic E-state index is 6.81. The predicted molar refractivity (Wildman–Crippen MR) is 297 cm³/mol. The summed E-state index contributed by atoms with van der Waals surface area (Å²) < 4.78 is 9.17. The molecule has 0 saturated heterocycles. The van der Waals surface area contributed by atoms with Gasteiger partial charge in [-0.25, -0.2) is 15.0 Å². The van der Waals surface area contributed by atoms with Gasteiger partial charge in [0.2, 0.25) is 0 Å². The van der Waals surface area contributed by atoms with Gasteiger partial charge in [-0.05, 0) is 86.3 Å². The summed E-state index contributed by atoms with van der Waals surface area (Å²) in [5.74, 6) is 1.84. The summed E-state index contributed by atoms with van der Waals surface area (Å²) in [7, 11) is 0. The number of hydrogen-bond donors (Lipinski definition) is 0. The molecule has 3 aromatic heterocycles. The molecule has 0 aliphatic rings. The summed E-state index contributed by atoms with van der Waals surface area (Å²) >= 11 is 0. The van der Waals surface area contributed by atoms with E-state index in [1.807, 2.05) is 12.1 Å². The van der Waals surface area contributed by atoms with Crippen molar-refractivity contribution in [1.82, 2.24) is 19.5 Å². The molecule has 0 amide bonds. The van der Waals surface area contributed by atoms with Crippen molar-refractivity contribution >= 4 is 54.5 Å². The van der Waals surface area contributed by atoms with Crippen molar-refractivity contribution in [2.45, 2.75) is 0 Å². The van der Waals surface area contributed by atoms with Crippen LogP contribution in [0, 0.1) is 0 Å². The Bertz CT molecular complexity index is 4180. The average Bonchev–Trinajstić information content (AvgIpc) is 4.02. The lowest BCUT2D eigenvalue weighted by molar-refractivity contribution is 0.673. The molecule has 0 aliphatic carbocycles. The summed E-state index contributed by atoms with van der Waals surface area (Å²) in [4.78, 5) is 15.3. The van der Waals surface area contributed by atoms with Crippen LogP contribution in [0.5, 0.6) is 0 Å². The lowest BCUT2D eigenvalue weighted by atomic mass is 9.93. The quantitative estimate of drug-likeness (QED) is 0.152. The minimum atomic E-state index is 0.605. The molecule has 14 aromatic rings. The molecule has 5 nitrogen and oxygen atoms in total. The molecule has 3 heterocycles. The van der Waals surface area contributed by atoms with Gasteiger partial charge in [-0.3, -0.25) is 0 Å². The highest BCUT2D eigenvalue weighted by Gasteiger charge is 2.20. The van der Waals surface area contributed by atoms with Crippen LogP contribution in [0.4, 0.5) is 0 Å². The lowest BCUT2D eigenvalue weighted by Crippen LogP contribution is -2.00. The standard InChI is InChI=1S/C67H42N4O/c1-3-14-43(15-4-1)45-26-32-49(33-27-45)65-68-66(50-34-28-46(29-35-50)44-16-5-2-6-17-44)70-67(69-65)51-36-30-47(31-37-51)53-22-13-25-62-63(53)59-42-58(54-18-7-8-21-57(54)64(59)72-62)48-38-40-52(41-39-48)71-60-23-11-9-19-55(60)56-20-10-12-24-61(56)71/h1-42H. The molecule has 0 atom stereocenters. The fourth-order valence-electron chi connectivity index (χ4n) is 10.6. The van der Waals surface area contributed by atoms with E-state index in [9.17, 15) is 0 Å². The Hall–Kier alpha value is -9.71. The molecule has 0 aliphatic heterocycles. The molecule has 5 heteroatoms. The second-order valence-corrected chi connectivity index (χ2v) is 18.3. The first kappa shape index (κ1) is 41.3. The molecule has 0 unspecified atom stereocenters. The van der Waals surface area contributed by atoms with E-state index >= 15 is 0 Å². The van der Waals surface area contributed by atoms with Crippen LogP contribution in [0.15, 0.2) is 259 Å². The van der Waals surface area contributed by atoms with Gasteiger partial charge < -0.3 is 8.98 Å². The normalized spacial score (nSPS) is 11.6. The van der Waals surface area contributed by atoms with Gasteiger partial charge in [-0.1, -0.05) is 218 Å². The van der Waals surface area contributed by atoms with Gasteiger partial charge in [0.25, 0.3) is 0 Å². The third-order valence-electron chi connectivity index (χ3n) is 14.1. The van der Waals surface area contributed by atoms with Gasteiger partial charge >= 0.3 is 0 Å². The molecular weight excluding hydrogens is 877 g/mol. The Kier molecular flexibility index (Phi) is 9.78. The van der Waals surface area contributed by atoms with Gasteiger partial charge in [-0.2, -0.15) is 0 Å². The van der Waals surface area contributed by atoms with Crippen molar-refractivity contribution < 1.29 is 4.42 Å². The fraction of sp³-hybridized carbons (Fsp3) is 0. The second-order valence-electron chi connectivity index (χ2n) is 18.3. The summed E-state index contributed by atoms with van der Waals surface area (Å²) in [5, 5.41) is 6.89. The number of furan rings is 1. The van der Waals surface area contributed by atoms with Crippen LogP contribution < -0.4 is 0 Å². The zero-order valence-corrected chi connectivity index (χ0v) is 38.9. The molecule has 0 radical (unpaired) electrons. The minimum absolute atomic E-state index is 0.605. The first-order valence-electron chi connectivity index (χ1n) is 24.3. The first-order valence-corrected chi connectivity index (χ1v) is 24.3. The molecule has 0 fully saturated rings. The highest BCUT2D eigenvalue weighted by Crippen LogP contribution is 2.44. The number of hydrogen-bond acceptors (Lipinski definition) is 4. The van der Waals surface area contributed by atoms with Gasteiger partial charge in [0.05, 0.1) is 11.0 Å². The molecule has 336 valence electrons. The maximum atomic E-state index is 6.81. The van der Waals surface area contributed by atoms with E-state index in [0.717, 1.165) is 99.6 Å². The summed E-state index contributed by atoms with van der Waals surface area (Å²) in [6, 6.07) is 89.9. The van der Waals surface area contributed by atoms with E-state index in [0.29, 0.717) is 17.5 Å². The largest absolute Gasteiger partial charge is 0.455 e. The topological polar surface area (TPSA) is 56.7 Å². The van der Waals surface area contributed by atoms with E-state index in [1.54, 1.807) is 0 Å². The molecule has 14 rings (SSSR count). The maximum Gasteiger partial charge on any atom is 0.164 e. The lowest BCUT2D eigenvalue weighted by Gasteiger charge is -2.12. The third kappa shape index (κ3) is 7.06. The van der Waals surface area contributed by atoms with Crippen LogP contribution in [-0.4, -0.2) is 19.5 Å². The fourth-order valence-corrected chi connectivity index (χ4v) is 10.6. The highest BCUT2D eigenvalue weighted by molar-refractivity contribution is 6.22. The van der Waals surface area contributed by atoms with Gasteiger partial charge in [0.1, 0.15) is 11.2 Å². The predicted octanol–water partition coefficient (Wildman–Crippen LogP) is 17.7. The van der Waals surface area contributed by atoms with Crippen molar-refractivity contribution in [3.63, 3.8) is 0 Å². The average molecular weight is 919 g/mol. The van der Waals surface area contributed by atoms with Gasteiger partial charge in [-0.15, -0.1) is 0 Å². The first-order chi connectivity index (χ1) is 35.7. The SMILES string of the molecule is c1ccc(-c2ccc(-c3nc(-c4ccc(-c5ccccc5)cc4)nc(-c4ccc(-c5cccc6oc7c8ccccc8c(-c8ccc(-n9c%10ccccc%10c%10ccccc%109)cc8)cc7c56)cc4)n3)cc2)cc1. The second kappa shape index (κ2) is 17.1. The summed E-state index contributed by atoms with van der Waals surface area (Å²) in [6.45, 7) is 0. The molecular formula is C67H42N4O. The highest BCUT2D eigenvalue weighted by atomic mass is 16.3. The van der Waals surface area contributed by atoms with Crippen LogP contribution in [0.25, 0.3) is 139 Å². The summed E-state index contributed by atoms with van der Waals surface area (Å²) in [5.41, 5.74) is 17.0. The molecule has 0 spiro atoms. The number of nitrogens with zero attached hydrogens (tertiary/aromatic N) is 4. The Balaban J connectivity index is 0.853. The smallest absolute Gasteiger partial charge is 0.164 e. The van der Waals surface area contributed by atoms with E-state index in [4.69, 9.17) is 19.4 Å². The van der Waals surface area contributed by atoms with Crippen molar-refractivity contribution in [3.05, 3.63) is 255 Å². The van der Waals surface area contributed by atoms with Crippen molar-refractivity contribution in [1.29, 1.82) is 0 Å². The number of aromatic nitrogens is 4. The zero-order valence-electron chi connectivity index (χ0n) is 38.9. The van der Waals surface area contributed by atoms with E-state index in [-0.39, 0.29) is 0 Å². The Labute approximate surface area is 415 Å². The van der Waals surface area contributed by atoms with Crippen molar-refractivity contribution in [3.8, 4) is 84.4 Å². The number of benzene rings is 11. The van der Waals surface area contributed by atoms with Crippen molar-refractivity contribution in [2.75, 3.05) is 0 Å². The van der Waals surface area contributed by atoms with Gasteiger partial charge in [0.15, 0.2) is 17.5 Å². The number of fused-ring (bicyclic) bond motifs is 8. The third-order valence-corrected chi connectivity index (χ3v) is 14.1. The van der Waals surface area contributed by atoms with Crippen LogP contribution in [0.1, 0.15) is 0 Å². The minimum Gasteiger partial charge on any atom is -0.455 e. The van der Waals surface area contributed by atoms with Gasteiger partial charge in [0, 0.05) is 49.3 Å². The van der Waals surface area contributed by atoms with Crippen LogP contribution in [0.3, 0.4) is 0 Å². The van der Waals surface area contributed by atoms with E-state index in [2.05, 4.69) is 247 Å². The number of rotatable bonds is 8. The monoisotopic (exact) mass is 918 g/mol. The molecule has 72 heavy (non-hydrogen) atoms. The Morgan fingerprint density at radius 3 is 1.21 bits per heavy atom. The number of para-hydroxylation sites is 2. The molecule has 0 saturated carbocycles. The van der Waals surface area contributed by atoms with Crippen LogP contribution in [-0.2, 0) is 0 Å². The van der Waals surface area contributed by atoms with Crippen LogP contribution in [0.2, 0.25) is 0 Å². The Morgan fingerprint density at radius 2 is 0.681 bits per heavy atom. The van der Waals surface area contributed by atoms with E-state index in [1.165, 1.54) is 21.8 Å². The molecule has 0 N–H and O–H groups in total. The summed E-state index contributed by atoms with van der Waals surface area (Å²) in [6.07, 6.45) is 0. The Morgan fingerprint density at radius 1 is 0.278 bits per heavy atom. The van der Waals surface area contributed by atoms with Crippen LogP contribution >= 0.6 is 0 Å². The van der Waals surface area contributed by atoms with E-state index < -0.39 is 0 Å².